The van der Waals surface area contributed by atoms with Crippen LogP contribution in [0.4, 0.5) is 4.39 Å². The summed E-state index contributed by atoms with van der Waals surface area (Å²) in [6.45, 7) is 0.265. The molecule has 1 aliphatic heterocycles. The number of hydrogen-bond acceptors (Lipinski definition) is 4. The second kappa shape index (κ2) is 6.74. The number of carbonyl (C=O) groups excluding carboxylic acids is 1. The van der Waals surface area contributed by atoms with Gasteiger partial charge in [-0.2, -0.15) is 0 Å². The third-order valence-electron chi connectivity index (χ3n) is 3.67. The number of benzene rings is 1. The van der Waals surface area contributed by atoms with Gasteiger partial charge >= 0.3 is 5.97 Å². The highest BCUT2D eigenvalue weighted by Crippen LogP contribution is 2.20. The molecule has 1 aromatic rings. The zero-order valence-corrected chi connectivity index (χ0v) is 12.2. The zero-order valence-electron chi connectivity index (χ0n) is 12.2. The molecular weight excluding hydrogens is 293 g/mol. The molecule has 1 aromatic carbocycles. The Hall–Kier alpha value is -2.15. The van der Waals surface area contributed by atoms with Crippen molar-refractivity contribution in [2.75, 3.05) is 20.3 Å². The molecule has 0 spiro atoms. The van der Waals surface area contributed by atoms with Crippen molar-refractivity contribution < 1.29 is 28.6 Å². The van der Waals surface area contributed by atoms with E-state index in [1.807, 2.05) is 0 Å². The van der Waals surface area contributed by atoms with Gasteiger partial charge in [0.15, 0.2) is 17.1 Å². The molecule has 1 aliphatic rings. The number of ether oxygens (including phenoxy) is 2. The van der Waals surface area contributed by atoms with Crippen molar-refractivity contribution in [3.63, 3.8) is 0 Å². The van der Waals surface area contributed by atoms with Crippen LogP contribution in [0.15, 0.2) is 18.2 Å². The van der Waals surface area contributed by atoms with E-state index in [4.69, 9.17) is 9.47 Å². The second-order valence-corrected chi connectivity index (χ2v) is 5.21. The summed E-state index contributed by atoms with van der Waals surface area (Å²) in [4.78, 5) is 23.2. The Labute approximate surface area is 127 Å². The van der Waals surface area contributed by atoms with E-state index in [2.05, 4.69) is 5.32 Å². The number of methoxy groups -OCH3 is 1. The fourth-order valence-electron chi connectivity index (χ4n) is 2.34. The fourth-order valence-corrected chi connectivity index (χ4v) is 2.34. The van der Waals surface area contributed by atoms with Gasteiger partial charge in [0.2, 0.25) is 5.91 Å². The maximum Gasteiger partial charge on any atom is 0.331 e. The molecule has 22 heavy (non-hydrogen) atoms. The van der Waals surface area contributed by atoms with Crippen LogP contribution in [0, 0.1) is 5.82 Å². The molecule has 1 amide bonds. The lowest BCUT2D eigenvalue weighted by Gasteiger charge is -2.23. The van der Waals surface area contributed by atoms with Crippen LogP contribution in [-0.2, 0) is 20.7 Å². The first-order valence-electron chi connectivity index (χ1n) is 6.91. The number of aryl methyl sites for hydroxylation is 1. The summed E-state index contributed by atoms with van der Waals surface area (Å²) in [5, 5.41) is 11.8. The van der Waals surface area contributed by atoms with Crippen LogP contribution >= 0.6 is 0 Å². The average Bonchev–Trinajstić information content (AvgIpc) is 2.95. The van der Waals surface area contributed by atoms with Crippen LogP contribution < -0.4 is 10.1 Å². The molecule has 0 saturated carbocycles. The summed E-state index contributed by atoms with van der Waals surface area (Å²) < 4.78 is 23.4. The van der Waals surface area contributed by atoms with Crippen LogP contribution in [0.25, 0.3) is 0 Å². The number of hydrogen-bond donors (Lipinski definition) is 2. The molecule has 2 N–H and O–H groups in total. The van der Waals surface area contributed by atoms with Gasteiger partial charge in [-0.1, -0.05) is 6.07 Å². The third kappa shape index (κ3) is 3.54. The number of aliphatic carboxylic acids is 1. The van der Waals surface area contributed by atoms with Gasteiger partial charge in [-0.3, -0.25) is 4.79 Å². The van der Waals surface area contributed by atoms with E-state index < -0.39 is 23.2 Å². The summed E-state index contributed by atoms with van der Waals surface area (Å²) in [5.41, 5.74) is -0.706. The Morgan fingerprint density at radius 3 is 2.82 bits per heavy atom. The molecule has 0 bridgehead atoms. The van der Waals surface area contributed by atoms with Crippen molar-refractivity contribution in [1.82, 2.24) is 5.32 Å². The first-order valence-corrected chi connectivity index (χ1v) is 6.91. The molecule has 1 fully saturated rings. The summed E-state index contributed by atoms with van der Waals surface area (Å²) in [5.74, 6) is -1.86. The van der Waals surface area contributed by atoms with Crippen LogP contribution in [-0.4, -0.2) is 42.8 Å². The molecule has 120 valence electrons. The molecule has 6 nitrogen and oxygen atoms in total. The molecule has 0 radical (unpaired) electrons. The Morgan fingerprint density at radius 1 is 1.50 bits per heavy atom. The van der Waals surface area contributed by atoms with Crippen LogP contribution in [0.2, 0.25) is 0 Å². The predicted octanol–water partition coefficient (Wildman–Crippen LogP) is 1.13. The molecule has 1 heterocycles. The largest absolute Gasteiger partial charge is 0.494 e. The van der Waals surface area contributed by atoms with E-state index in [1.165, 1.54) is 19.2 Å². The second-order valence-electron chi connectivity index (χ2n) is 5.21. The average molecular weight is 311 g/mol. The number of rotatable bonds is 6. The summed E-state index contributed by atoms with van der Waals surface area (Å²) in [6.07, 6.45) is 0.620. The Balaban J connectivity index is 1.92. The van der Waals surface area contributed by atoms with Gasteiger partial charge in [0, 0.05) is 19.4 Å². The molecule has 2 rings (SSSR count). The third-order valence-corrected chi connectivity index (χ3v) is 3.67. The number of carboxylic acids is 1. The van der Waals surface area contributed by atoms with Gasteiger partial charge in [0.05, 0.1) is 13.7 Å². The van der Waals surface area contributed by atoms with Gasteiger partial charge in [-0.15, -0.1) is 0 Å². The van der Waals surface area contributed by atoms with Crippen molar-refractivity contribution >= 4 is 11.9 Å². The van der Waals surface area contributed by atoms with Gasteiger partial charge in [-0.25, -0.2) is 9.18 Å². The summed E-state index contributed by atoms with van der Waals surface area (Å²) in [6, 6.07) is 4.46. The lowest BCUT2D eigenvalue weighted by atomic mass is 9.98. The Kier molecular flexibility index (Phi) is 4.97. The number of carbonyl (C=O) groups is 2. The number of carboxylic acid groups (broad SMARTS) is 1. The molecule has 7 heteroatoms. The topological polar surface area (TPSA) is 84.9 Å². The van der Waals surface area contributed by atoms with Crippen molar-refractivity contribution in [3.05, 3.63) is 29.6 Å². The maximum atomic E-state index is 13.5. The summed E-state index contributed by atoms with van der Waals surface area (Å²) >= 11 is 0. The van der Waals surface area contributed by atoms with E-state index in [0.29, 0.717) is 18.6 Å². The van der Waals surface area contributed by atoms with E-state index in [-0.39, 0.29) is 25.2 Å². The Bertz CT molecular complexity index is 569. The van der Waals surface area contributed by atoms with Crippen LogP contribution in [0.1, 0.15) is 18.4 Å². The van der Waals surface area contributed by atoms with Crippen LogP contribution in [0.5, 0.6) is 5.75 Å². The quantitative estimate of drug-likeness (QED) is 0.822. The maximum absolute atomic E-state index is 13.5. The normalized spacial score (nSPS) is 20.6. The molecule has 1 unspecified atom stereocenters. The minimum Gasteiger partial charge on any atom is -0.494 e. The number of nitrogens with one attached hydrogen (secondary N) is 1. The monoisotopic (exact) mass is 311 g/mol. The molecule has 0 aliphatic carbocycles. The van der Waals surface area contributed by atoms with Gasteiger partial charge < -0.3 is 19.9 Å². The van der Waals surface area contributed by atoms with Gasteiger partial charge in [-0.05, 0) is 24.1 Å². The van der Waals surface area contributed by atoms with Crippen molar-refractivity contribution in [1.29, 1.82) is 0 Å². The number of amides is 1. The van der Waals surface area contributed by atoms with E-state index in [1.54, 1.807) is 6.07 Å². The highest BCUT2D eigenvalue weighted by Gasteiger charge is 2.43. The minimum atomic E-state index is -1.34. The van der Waals surface area contributed by atoms with E-state index >= 15 is 0 Å². The highest BCUT2D eigenvalue weighted by molar-refractivity contribution is 5.87. The smallest absolute Gasteiger partial charge is 0.331 e. The summed E-state index contributed by atoms with van der Waals surface area (Å²) in [7, 11) is 1.38. The van der Waals surface area contributed by atoms with E-state index in [9.17, 15) is 19.1 Å². The van der Waals surface area contributed by atoms with E-state index in [0.717, 1.165) is 0 Å². The molecule has 1 atom stereocenters. The molecule has 0 aromatic heterocycles. The van der Waals surface area contributed by atoms with Crippen molar-refractivity contribution in [2.45, 2.75) is 24.8 Å². The van der Waals surface area contributed by atoms with Gasteiger partial charge in [0.25, 0.3) is 0 Å². The lowest BCUT2D eigenvalue weighted by Crippen LogP contribution is -2.55. The predicted molar refractivity (Wildman–Crippen MR) is 75.2 cm³/mol. The minimum absolute atomic E-state index is 0.0365. The van der Waals surface area contributed by atoms with Gasteiger partial charge in [0.1, 0.15) is 0 Å². The SMILES string of the molecule is COc1ccc(CCC(=O)NC2(C(=O)O)CCOC2)cc1F. The fraction of sp³-hybridized carbons (Fsp3) is 0.467. The zero-order chi connectivity index (χ0) is 16.2. The number of halogens is 1. The first-order chi connectivity index (χ1) is 10.5. The first kappa shape index (κ1) is 16.2. The lowest BCUT2D eigenvalue weighted by molar-refractivity contribution is -0.147. The standard InChI is InChI=1S/C15H18FNO5/c1-21-12-4-2-10(8-11(12)16)3-5-13(18)17-15(14(19)20)6-7-22-9-15/h2,4,8H,3,5-7,9H2,1H3,(H,17,18)(H,19,20). The van der Waals surface area contributed by atoms with Crippen molar-refractivity contribution in [2.24, 2.45) is 0 Å². The van der Waals surface area contributed by atoms with Crippen LogP contribution in [0.3, 0.4) is 0 Å². The molecule has 1 saturated heterocycles. The highest BCUT2D eigenvalue weighted by atomic mass is 19.1. The molecular formula is C15H18FNO5. The van der Waals surface area contributed by atoms with Crippen molar-refractivity contribution in [3.8, 4) is 5.75 Å². The Morgan fingerprint density at radius 2 is 2.27 bits per heavy atom.